The number of methoxy groups -OCH3 is 2. The molecule has 38 heteroatoms. The van der Waals surface area contributed by atoms with E-state index in [0.29, 0.717) is 83.9 Å². The highest BCUT2D eigenvalue weighted by Crippen LogP contribution is 2.35. The van der Waals surface area contributed by atoms with Gasteiger partial charge in [0.15, 0.2) is 0 Å². The van der Waals surface area contributed by atoms with Gasteiger partial charge in [-0.15, -0.1) is 0 Å². The minimum Gasteiger partial charge on any atom is -0.463 e. The molecule has 10 aromatic rings. The van der Waals surface area contributed by atoms with E-state index in [1.165, 1.54) is 64.1 Å². The molecule has 0 atom stereocenters. The lowest BCUT2D eigenvalue weighted by Gasteiger charge is -2.37. The summed E-state index contributed by atoms with van der Waals surface area (Å²) in [6.45, 7) is 42.5. The number of ether oxygens (including phenoxy) is 16. The van der Waals surface area contributed by atoms with Crippen molar-refractivity contribution in [2.45, 2.75) is 124 Å². The van der Waals surface area contributed by atoms with E-state index in [9.17, 15) is 46.3 Å². The number of rotatable bonds is 40. The summed E-state index contributed by atoms with van der Waals surface area (Å²) >= 11 is 0. The number of esters is 6. The Hall–Kier alpha value is -12.5. The molecular formula is C102H132F4N8O26. The predicted octanol–water partition coefficient (Wildman–Crippen LogP) is 18.0. The fourth-order valence-corrected chi connectivity index (χ4v) is 12.3. The Morgan fingerprint density at radius 3 is 0.879 bits per heavy atom. The maximum absolute atomic E-state index is 14.2. The van der Waals surface area contributed by atoms with Gasteiger partial charge in [-0.25, -0.2) is 27.2 Å². The molecule has 764 valence electrons. The van der Waals surface area contributed by atoms with Gasteiger partial charge in [-0.2, -0.15) is 19.9 Å². The Bertz CT molecular complexity index is 5090. The van der Waals surface area contributed by atoms with Crippen LogP contribution in [-0.4, -0.2) is 249 Å². The third-order valence-corrected chi connectivity index (χ3v) is 19.6. The van der Waals surface area contributed by atoms with Crippen LogP contribution >= 0.6 is 0 Å². The van der Waals surface area contributed by atoms with Crippen molar-refractivity contribution in [2.24, 2.45) is 21.7 Å². The van der Waals surface area contributed by atoms with Crippen LogP contribution in [0.5, 0.6) is 0 Å². The van der Waals surface area contributed by atoms with Gasteiger partial charge in [-0.1, -0.05) is 112 Å². The third kappa shape index (κ3) is 43.5. The van der Waals surface area contributed by atoms with Crippen molar-refractivity contribution in [1.82, 2.24) is 40.6 Å². The zero-order valence-corrected chi connectivity index (χ0v) is 80.6. The zero-order chi connectivity index (χ0) is 100. The summed E-state index contributed by atoms with van der Waals surface area (Å²) in [4.78, 5) is 79.3. The van der Waals surface area contributed by atoms with Crippen molar-refractivity contribution in [1.29, 1.82) is 0 Å². The molecule has 0 N–H and O–H groups in total. The van der Waals surface area contributed by atoms with Crippen LogP contribution in [0.25, 0.3) is 91.4 Å². The van der Waals surface area contributed by atoms with E-state index in [2.05, 4.69) is 100 Å². The first kappa shape index (κ1) is 118. The molecule has 4 aliphatic heterocycles. The van der Waals surface area contributed by atoms with Crippen LogP contribution in [0.2, 0.25) is 0 Å². The van der Waals surface area contributed by atoms with Gasteiger partial charge < -0.3 is 93.9 Å². The number of nitrogens with zero attached hydrogens (tertiary/aromatic N) is 8. The topological polar surface area (TPSA) is 406 Å². The lowest BCUT2D eigenvalue weighted by molar-refractivity contribution is -0.150. The molecule has 14 rings (SSSR count). The Kier molecular flexibility index (Phi) is 52.1. The van der Waals surface area contributed by atoms with Crippen molar-refractivity contribution in [3.05, 3.63) is 192 Å². The van der Waals surface area contributed by atoms with Crippen LogP contribution in [0.3, 0.4) is 0 Å². The average molecular weight is 1960 g/mol. The first-order valence-corrected chi connectivity index (χ1v) is 44.4. The monoisotopic (exact) mass is 1960 g/mol. The van der Waals surface area contributed by atoms with Crippen LogP contribution < -0.4 is 0 Å². The molecule has 4 aliphatic rings. The molecule has 6 aromatic carbocycles. The standard InChI is InChI=1S/2C24H16F2N4O2.2C10H20O3.2C9H16O4.2C7H10O4.2CH4/c1-13-6-17(11-19(25)8-13)21-27-23(31-29-21)15-4-3-5-16(10-15)24-28-22(30-32-24)18-7-14(2)9-20(26)12-18;1-13-6-8-19(25)17(10-13)21-27-23(31-29-21)15-4-3-5-16(12-15)24-28-22(30-32-24)18-11-14(2)7-9-20(18)26;2*1-10(8-13-9-10)7-12-6-4-3-5-11-2;2*1-8(10)13-4-3-11-5-9(2)6-12-7-9;2*1-3-7(9)11-5-4-10-6(2)8;;/h2*3-12H,1-2H3;2*3-9H2,1-2H3;2*3-7H2,1-2H3;2*3H,1,4-5H2,2H3;2*1H4. The van der Waals surface area contributed by atoms with Crippen LogP contribution in [0, 0.1) is 72.6 Å². The fourth-order valence-electron chi connectivity index (χ4n) is 12.3. The van der Waals surface area contributed by atoms with Gasteiger partial charge in [0, 0.05) is 136 Å². The molecule has 0 amide bonds. The summed E-state index contributed by atoms with van der Waals surface area (Å²) in [7, 11) is 3.46. The molecule has 4 aromatic heterocycles. The van der Waals surface area contributed by atoms with E-state index < -0.39 is 23.6 Å². The number of benzene rings is 6. The molecule has 0 spiro atoms. The van der Waals surface area contributed by atoms with Crippen molar-refractivity contribution in [2.75, 3.05) is 173 Å². The molecule has 34 nitrogen and oxygen atoms in total. The lowest BCUT2D eigenvalue weighted by Crippen LogP contribution is -2.43. The SMILES string of the molecule is C.C.C=CC(=O)OCCOC(C)=O.C=CC(=O)OCCOC(C)=O.CC(=O)OCCOCC1(C)COC1.CC(=O)OCCOCC1(C)COC1.COCCCCOCC1(C)COC1.COCCCCOCC1(C)COC1.Cc1cc(F)cc(-c2noc(-c3cccc(-c4nc(-c5cc(C)cc(F)c5)no4)c3)n2)c1.Cc1ccc(F)c(-c2noc(-c3cccc(-c4nc(-c5cc(C)ccc5F)no4)c3)n2)c1. The van der Waals surface area contributed by atoms with Crippen LogP contribution in [0.15, 0.2) is 165 Å². The quantitative estimate of drug-likeness (QED) is 0.0113. The maximum atomic E-state index is 14.2. The minimum absolute atomic E-state index is 0. The second-order valence-corrected chi connectivity index (χ2v) is 33.8. The largest absolute Gasteiger partial charge is 0.463 e. The van der Waals surface area contributed by atoms with E-state index in [1.54, 1.807) is 113 Å². The third-order valence-electron chi connectivity index (χ3n) is 19.6. The van der Waals surface area contributed by atoms with Gasteiger partial charge in [0.2, 0.25) is 23.3 Å². The van der Waals surface area contributed by atoms with Crippen LogP contribution in [0.1, 0.15) is 118 Å². The van der Waals surface area contributed by atoms with E-state index in [-0.39, 0.29) is 146 Å². The van der Waals surface area contributed by atoms with Gasteiger partial charge >= 0.3 is 35.8 Å². The van der Waals surface area contributed by atoms with Crippen molar-refractivity contribution in [3.8, 4) is 91.4 Å². The molecule has 8 heterocycles. The first-order chi connectivity index (χ1) is 66.0. The number of hydrogen-bond acceptors (Lipinski definition) is 34. The van der Waals surface area contributed by atoms with Crippen molar-refractivity contribution in [3.63, 3.8) is 0 Å². The minimum atomic E-state index is -0.517. The number of unbranched alkanes of at least 4 members (excludes halogenated alkanes) is 2. The number of hydrogen-bond donors (Lipinski definition) is 0. The summed E-state index contributed by atoms with van der Waals surface area (Å²) in [6.07, 6.45) is 6.45. The normalized spacial score (nSPS) is 13.7. The van der Waals surface area contributed by atoms with E-state index in [4.69, 9.17) is 74.9 Å². The Labute approximate surface area is 814 Å². The first-order valence-electron chi connectivity index (χ1n) is 44.4. The van der Waals surface area contributed by atoms with Gasteiger partial charge in [0.05, 0.1) is 104 Å². The van der Waals surface area contributed by atoms with Gasteiger partial charge in [-0.05, 0) is 162 Å². The summed E-state index contributed by atoms with van der Waals surface area (Å²) < 4.78 is 157. The Balaban J connectivity index is 0.000000295. The summed E-state index contributed by atoms with van der Waals surface area (Å²) in [5.74, 6) is -2.09. The molecule has 4 saturated heterocycles. The second-order valence-electron chi connectivity index (χ2n) is 33.8. The van der Waals surface area contributed by atoms with E-state index >= 15 is 0 Å². The molecule has 4 fully saturated rings. The molecule has 140 heavy (non-hydrogen) atoms. The van der Waals surface area contributed by atoms with Crippen LogP contribution in [-0.2, 0) is 105 Å². The average Bonchev–Trinajstić information content (AvgIpc) is 1.68. The fraction of sp³-hybridized carbons (Fsp3) is 0.471. The molecule has 0 unspecified atom stereocenters. The smallest absolute Gasteiger partial charge is 0.330 e. The van der Waals surface area contributed by atoms with E-state index in [1.807, 2.05) is 13.8 Å². The van der Waals surface area contributed by atoms with E-state index in [0.717, 1.165) is 153 Å². The molecule has 0 aliphatic carbocycles. The summed E-state index contributed by atoms with van der Waals surface area (Å²) in [6, 6.07) is 32.7. The highest BCUT2D eigenvalue weighted by Gasteiger charge is 2.36. The summed E-state index contributed by atoms with van der Waals surface area (Å²) in [5.41, 5.74) is 8.26. The summed E-state index contributed by atoms with van der Waals surface area (Å²) in [5, 5.41) is 15.8. The second kappa shape index (κ2) is 61.8. The Morgan fingerprint density at radius 2 is 0.607 bits per heavy atom. The number of carbonyl (C=O) groups is 6. The van der Waals surface area contributed by atoms with Crippen molar-refractivity contribution < 1.29 is 140 Å². The van der Waals surface area contributed by atoms with Gasteiger partial charge in [0.25, 0.3) is 23.6 Å². The predicted molar refractivity (Wildman–Crippen MR) is 510 cm³/mol. The highest BCUT2D eigenvalue weighted by molar-refractivity contribution is 5.81. The van der Waals surface area contributed by atoms with Gasteiger partial charge in [0.1, 0.15) is 62.9 Å². The number of aromatic nitrogens is 8. The van der Waals surface area contributed by atoms with Gasteiger partial charge in [-0.3, -0.25) is 19.2 Å². The molecule has 0 radical (unpaired) electrons. The lowest BCUT2D eigenvalue weighted by atomic mass is 9.90. The Morgan fingerprint density at radius 1 is 0.336 bits per heavy atom. The number of carbonyl (C=O) groups excluding carboxylic acids is 6. The maximum Gasteiger partial charge on any atom is 0.330 e. The number of aryl methyl sites for hydroxylation is 4. The zero-order valence-electron chi connectivity index (χ0n) is 80.6. The number of halogens is 4. The molecule has 0 saturated carbocycles. The molecule has 0 bridgehead atoms. The van der Waals surface area contributed by atoms with Crippen LogP contribution in [0.4, 0.5) is 17.6 Å². The van der Waals surface area contributed by atoms with Crippen molar-refractivity contribution >= 4 is 35.8 Å². The molecular weight excluding hydrogens is 1830 g/mol. The highest BCUT2D eigenvalue weighted by atomic mass is 19.1.